The van der Waals surface area contributed by atoms with Crippen LogP contribution in [0.3, 0.4) is 0 Å². The maximum atomic E-state index is 4.60. The molecule has 0 aromatic heterocycles. The van der Waals surface area contributed by atoms with E-state index in [1.54, 1.807) is 0 Å². The van der Waals surface area contributed by atoms with Gasteiger partial charge in [-0.25, -0.2) is 0 Å². The van der Waals surface area contributed by atoms with Gasteiger partial charge in [-0.1, -0.05) is 166 Å². The predicted octanol–water partition coefficient (Wildman–Crippen LogP) is 15.0. The average molecular weight is 4690 g/mol. The molecule has 0 rings (SSSR count). The standard InChI is InChI=1S/2C13H29P.6C2H6.102Ar/c2*1-11(2)8-14(7,9-12(3)4)10-13(5)6;6*1-2;;;;;;;;;;;;;;;;;;;;;;;;;;;;;;;;;;;;;;;;;;;;;;;;;;;;;;;;;;;;;;;;;;;;;;;;;;;;;;;;;;;;;;;;;;;;;;;;;;;;;;/h2*11-13H,7-10H2,1-6H3;6*1-2H3;;;;;;;;;;;;;;;;;;;;;;;;;;;;;;;;;;;;;;;;;;;;;;;;;;;;;;;;;;;;;;;;;;;;;;;;;;;;;;;;;;;;;;;;;;;;;;;;;;;;;;. The third-order valence-corrected chi connectivity index (χ3v) is 13.5. The van der Waals surface area contributed by atoms with Crippen LogP contribution >= 0.6 is 13.8 Å². The van der Waals surface area contributed by atoms with Crippen molar-refractivity contribution in [3.05, 3.63) is 0 Å². The van der Waals surface area contributed by atoms with E-state index in [9.17, 15) is 0 Å². The van der Waals surface area contributed by atoms with Crippen LogP contribution in [0, 0.1) is 3880 Å². The predicted molar refractivity (Wildman–Crippen MR) is 214 cm³/mol. The molecule has 0 unspecified atom stereocenters. The van der Waals surface area contributed by atoms with Gasteiger partial charge in [-0.3, -0.25) is 0 Å². The molecule has 0 aliphatic rings. The second-order valence-electron chi connectivity index (χ2n) is 12.1. The van der Waals surface area contributed by atoms with Crippen LogP contribution < -0.4 is 0 Å². The first-order valence-corrected chi connectivity index (χ1v) is 23.0. The number of hydrogen-bond donors (Lipinski definition) is 0. The molecule has 0 aromatic rings. The van der Waals surface area contributed by atoms with E-state index < -0.39 is 13.8 Å². The van der Waals surface area contributed by atoms with Gasteiger partial charge in [0, 0.05) is 3850 Å². The van der Waals surface area contributed by atoms with Crippen LogP contribution in [0.1, 0.15) is 166 Å². The van der Waals surface area contributed by atoms with E-state index in [0.717, 1.165) is 35.5 Å². The first kappa shape index (κ1) is 762. The van der Waals surface area contributed by atoms with Gasteiger partial charge in [0.25, 0.3) is 0 Å². The third kappa shape index (κ3) is 764. The molecule has 0 spiro atoms. The molecule has 1072 valence electrons. The zero-order valence-electron chi connectivity index (χ0n) is 70.1. The Morgan fingerprint density at radius 3 is 0.120 bits per heavy atom. The summed E-state index contributed by atoms with van der Waals surface area (Å²) in [6.07, 6.45) is 17.5. The van der Waals surface area contributed by atoms with Crippen molar-refractivity contribution in [1.29, 1.82) is 0 Å². The monoisotopic (exact) mass is 4690 g/mol. The summed E-state index contributed by atoms with van der Waals surface area (Å²) < 4.78 is 0. The SMILES string of the molecule is C=P(CC(C)C)(CC(C)C)CC(C)C.C=P(CC(C)C)(CC(C)C)CC(C)C.CC.CC.CC.CC.CC.CC.[Ar].[Ar].[Ar].[Ar].[Ar].[Ar].[Ar].[Ar].[Ar].[Ar].[Ar].[Ar].[Ar].[Ar].[Ar].[Ar].[Ar].[Ar].[Ar].[Ar].[Ar].[Ar].[Ar].[Ar].[Ar].[Ar].[Ar].[Ar].[Ar].[Ar].[Ar].[Ar].[Ar].[Ar].[Ar].[Ar].[Ar].[Ar].[Ar].[Ar].[Ar].[Ar].[Ar].[Ar].[Ar].[Ar].[Ar].[Ar].[Ar].[Ar].[Ar].[Ar].[Ar].[Ar].[Ar].[Ar].[Ar].[Ar].[Ar].[Ar].[Ar].[Ar].[Ar].[Ar].[Ar].[Ar].[Ar].[Ar].[Ar].[Ar].[Ar].[Ar].[Ar].[Ar].[Ar].[Ar].[Ar].[Ar].[Ar].[Ar].[Ar].[Ar].[Ar].[Ar].[Ar].[Ar].[Ar].[Ar].[Ar].[Ar].[Ar].[Ar].[Ar].[Ar].[Ar].[Ar].[Ar].[Ar].[Ar].[Ar].[Ar].[Ar]. The minimum atomic E-state index is -0.888. The fourth-order valence-electron chi connectivity index (χ4n) is 5.09. The van der Waals surface area contributed by atoms with Crippen molar-refractivity contribution in [2.75, 3.05) is 37.0 Å². The van der Waals surface area contributed by atoms with Crippen LogP contribution in [0.4, 0.5) is 0 Å². The summed E-state index contributed by atoms with van der Waals surface area (Å²) in [4.78, 5) is 0. The van der Waals surface area contributed by atoms with Gasteiger partial charge in [0.2, 0.25) is 0 Å². The van der Waals surface area contributed by atoms with Gasteiger partial charge in [0.1, 0.15) is 0 Å². The van der Waals surface area contributed by atoms with E-state index in [2.05, 4.69) is 95.7 Å². The quantitative estimate of drug-likeness (QED) is 0.171. The first-order chi connectivity index (χ1) is 18.5. The molecule has 0 heterocycles. The zero-order valence-corrected chi connectivity index (χ0v) is 144. The van der Waals surface area contributed by atoms with Gasteiger partial charge in [-0.05, 0) is 72.5 Å². The van der Waals surface area contributed by atoms with Crippen molar-refractivity contribution in [3.8, 4) is 0 Å². The first-order valence-electron chi connectivity index (χ1n) is 17.9. The van der Waals surface area contributed by atoms with Gasteiger partial charge in [-0.2, -0.15) is 0 Å². The van der Waals surface area contributed by atoms with Crippen molar-refractivity contribution < 1.29 is 3850 Å². The van der Waals surface area contributed by atoms with Crippen molar-refractivity contribution >= 4 is 26.4 Å². The average Bonchev–Trinajstić information content (AvgIpc) is 2.83. The van der Waals surface area contributed by atoms with Gasteiger partial charge in [-0.15, -0.1) is 26.4 Å². The molecule has 0 atom stereocenters. The van der Waals surface area contributed by atoms with Crippen LogP contribution in [0.5, 0.6) is 0 Å². The molecule has 0 bridgehead atoms. The Morgan fingerprint density at radius 2 is 0.106 bits per heavy atom. The Bertz CT molecular complexity index is 479. The maximum absolute atomic E-state index is 4.60. The minimum absolute atomic E-state index is 0. The Morgan fingerprint density at radius 1 is 0.0845 bits per heavy atom. The summed E-state index contributed by atoms with van der Waals surface area (Å²) in [6.45, 7) is 50.2. The molecule has 0 aliphatic heterocycles. The minimum Gasteiger partial charge on any atom is -0.111 e. The van der Waals surface area contributed by atoms with Crippen LogP contribution in [-0.4, -0.2) is 49.6 Å². The van der Waals surface area contributed by atoms with E-state index in [4.69, 9.17) is 0 Å². The molecule has 0 aromatic carbocycles. The Balaban J connectivity index is -0.000000000729. The normalized spacial score (nSPS) is 2.86. The van der Waals surface area contributed by atoms with E-state index in [1.807, 2.05) is 83.1 Å². The van der Waals surface area contributed by atoms with Crippen LogP contribution in [0.2, 0.25) is 0 Å². The summed E-state index contributed by atoms with van der Waals surface area (Å²) in [5.74, 6) is 4.91. The smallest absolute Gasteiger partial charge is 0 e. The second kappa shape index (κ2) is 718. The van der Waals surface area contributed by atoms with Crippen molar-refractivity contribution in [2.45, 2.75) is 166 Å². The van der Waals surface area contributed by atoms with E-state index in [-0.39, 0.29) is 3850 Å². The summed E-state index contributed by atoms with van der Waals surface area (Å²) in [5, 5.41) is 0. The Labute approximate surface area is 3950 Å². The van der Waals surface area contributed by atoms with Crippen molar-refractivity contribution in [1.82, 2.24) is 0 Å². The maximum Gasteiger partial charge on any atom is 0 e. The summed E-state index contributed by atoms with van der Waals surface area (Å²) >= 11 is 0. The Hall–Kier alpha value is 129. The van der Waals surface area contributed by atoms with Gasteiger partial charge >= 0.3 is 0 Å². The topological polar surface area (TPSA) is 0 Å². The van der Waals surface area contributed by atoms with Gasteiger partial charge < -0.3 is 0 Å². The second-order valence-corrected chi connectivity index (χ2v) is 19.7. The molecule has 0 nitrogen and oxygen atoms in total. The number of rotatable bonds is 12. The molecule has 0 aliphatic carbocycles. The molecular weight excluding hydrogens is 4590 g/mol. The van der Waals surface area contributed by atoms with Crippen LogP contribution in [0.15, 0.2) is 0 Å². The summed E-state index contributed by atoms with van der Waals surface area (Å²) in [6, 6.07) is 0. The fraction of sp³-hybridized carbons (Fsp3) is 0.947. The molecule has 0 N–H and O–H groups in total. The van der Waals surface area contributed by atoms with Crippen molar-refractivity contribution in [3.63, 3.8) is 0 Å². The van der Waals surface area contributed by atoms with Crippen molar-refractivity contribution in [2.24, 2.45) is 35.5 Å². The van der Waals surface area contributed by atoms with Crippen LogP contribution in [0.25, 0.3) is 0 Å². The molecule has 0 saturated heterocycles. The van der Waals surface area contributed by atoms with Crippen LogP contribution in [-0.2, 0) is 0 Å². The molecule has 0 saturated carbocycles. The number of hydrogen-bond acceptors (Lipinski definition) is 0. The zero-order chi connectivity index (χ0) is 34.7. The summed E-state index contributed by atoms with van der Waals surface area (Å²) in [5.41, 5.74) is 0. The third-order valence-electron chi connectivity index (χ3n) is 4.51. The summed E-state index contributed by atoms with van der Waals surface area (Å²) in [7, 11) is 0. The largest absolute Gasteiger partial charge is 0.111 e. The molecule has 0 radical (unpaired) electrons. The van der Waals surface area contributed by atoms with E-state index >= 15 is 0 Å². The van der Waals surface area contributed by atoms with Gasteiger partial charge in [0.15, 0.2) is 0 Å². The molecule has 0 amide bonds. The molecule has 142 heavy (non-hydrogen) atoms. The fourth-order valence-corrected chi connectivity index (χ4v) is 15.3. The van der Waals surface area contributed by atoms with Gasteiger partial charge in [0.05, 0.1) is 0 Å². The Kier molecular flexibility index (Phi) is 3850. The molecular formula is C38H94Ar102P2. The molecule has 104 heteroatoms. The van der Waals surface area contributed by atoms with E-state index in [1.165, 1.54) is 37.0 Å². The van der Waals surface area contributed by atoms with E-state index in [0.29, 0.717) is 0 Å². The molecule has 0 fully saturated rings.